The summed E-state index contributed by atoms with van der Waals surface area (Å²) in [6.07, 6.45) is 0.137. The van der Waals surface area contributed by atoms with Crippen molar-refractivity contribution in [1.82, 2.24) is 0 Å². The number of aliphatic hydroxyl groups is 1. The maximum Gasteiger partial charge on any atom is 0.344 e. The molecule has 0 aliphatic heterocycles. The van der Waals surface area contributed by atoms with E-state index in [-0.39, 0.29) is 0 Å². The molecular weight excluding hydrogens is 320 g/mol. The van der Waals surface area contributed by atoms with E-state index < -0.39 is 30.1 Å². The molecule has 0 fully saturated rings. The largest absolute Gasteiger partial charge is 0.497 e. The number of ether oxygens (including phenoxy) is 2. The minimum Gasteiger partial charge on any atom is -0.497 e. The Hall–Kier alpha value is -2.87. The first-order valence-corrected chi connectivity index (χ1v) is 6.83. The zero-order chi connectivity index (χ0) is 18.7. The highest BCUT2D eigenvalue weighted by Gasteiger charge is 2.19. The lowest BCUT2D eigenvalue weighted by Crippen LogP contribution is -2.29. The van der Waals surface area contributed by atoms with Gasteiger partial charge in [0, 0.05) is 6.08 Å². The topological polar surface area (TPSA) is 130 Å². The molecule has 132 valence electrons. The van der Waals surface area contributed by atoms with Crippen LogP contribution in [0, 0.1) is 0 Å². The average molecular weight is 340 g/mol. The monoisotopic (exact) mass is 340 g/mol. The van der Waals surface area contributed by atoms with E-state index in [4.69, 9.17) is 20.1 Å². The van der Waals surface area contributed by atoms with Gasteiger partial charge in [-0.3, -0.25) is 0 Å². The Morgan fingerprint density at radius 2 is 1.62 bits per heavy atom. The normalized spacial score (nSPS) is 12.5. The summed E-state index contributed by atoms with van der Waals surface area (Å²) in [5, 5.41) is 25.2. The fourth-order valence-corrected chi connectivity index (χ4v) is 1.21. The molecule has 0 radical (unpaired) electrons. The van der Waals surface area contributed by atoms with Crippen LogP contribution in [0.3, 0.4) is 0 Å². The smallest absolute Gasteiger partial charge is 0.344 e. The van der Waals surface area contributed by atoms with Gasteiger partial charge < -0.3 is 24.8 Å². The van der Waals surface area contributed by atoms with Crippen molar-refractivity contribution in [1.29, 1.82) is 0 Å². The number of hydrogen-bond acceptors (Lipinski definition) is 6. The Labute approximate surface area is 138 Å². The number of carboxylic acid groups (broad SMARTS) is 2. The lowest BCUT2D eigenvalue weighted by Gasteiger charge is -2.09. The van der Waals surface area contributed by atoms with Gasteiger partial charge in [-0.15, -0.1) is 0 Å². The van der Waals surface area contributed by atoms with Crippen LogP contribution in [-0.2, 0) is 19.1 Å². The van der Waals surface area contributed by atoms with Gasteiger partial charge >= 0.3 is 17.9 Å². The Morgan fingerprint density at radius 3 is 2.00 bits per heavy atom. The third-order valence-corrected chi connectivity index (χ3v) is 2.52. The molecule has 8 nitrogen and oxygen atoms in total. The van der Waals surface area contributed by atoms with E-state index in [0.717, 1.165) is 17.4 Å². The maximum atomic E-state index is 10.5. The van der Waals surface area contributed by atoms with Crippen LogP contribution in [0.1, 0.15) is 19.4 Å². The van der Waals surface area contributed by atoms with E-state index in [2.05, 4.69) is 4.74 Å². The molecule has 0 aromatic heterocycles. The lowest BCUT2D eigenvalue weighted by atomic mass is 10.2. The number of aliphatic carboxylic acids is 2. The third-order valence-electron chi connectivity index (χ3n) is 2.52. The van der Waals surface area contributed by atoms with Crippen molar-refractivity contribution in [3.8, 4) is 5.75 Å². The minimum atomic E-state index is -1.28. The molecule has 2 unspecified atom stereocenters. The van der Waals surface area contributed by atoms with Crippen LogP contribution < -0.4 is 4.74 Å². The second-order valence-electron chi connectivity index (χ2n) is 4.54. The molecular formula is C16H20O8. The Bertz CT molecular complexity index is 574. The van der Waals surface area contributed by atoms with Crippen LogP contribution in [-0.4, -0.2) is 52.5 Å². The van der Waals surface area contributed by atoms with E-state index in [9.17, 15) is 14.4 Å². The maximum absolute atomic E-state index is 10.5. The summed E-state index contributed by atoms with van der Waals surface area (Å²) in [4.78, 5) is 30.8. The first-order valence-electron chi connectivity index (χ1n) is 6.83. The Morgan fingerprint density at radius 1 is 1.08 bits per heavy atom. The molecule has 1 rings (SSSR count). The van der Waals surface area contributed by atoms with Crippen molar-refractivity contribution in [3.63, 3.8) is 0 Å². The van der Waals surface area contributed by atoms with Crippen LogP contribution in [0.25, 0.3) is 6.08 Å². The van der Waals surface area contributed by atoms with Crippen molar-refractivity contribution in [2.24, 2.45) is 0 Å². The standard InChI is InChI=1S/C10H10O3.C6H10O5/c1-13-9-5-2-8(3-6-9)4-7-10(11)12;1-3(7)6(10)11-4(2)5(8)9/h2-7H,1H3,(H,11,12);3-4,7H,1-2H3,(H,8,9). The average Bonchev–Trinajstić information content (AvgIpc) is 2.53. The number of hydrogen-bond donors (Lipinski definition) is 3. The number of methoxy groups -OCH3 is 1. The molecule has 8 heteroatoms. The third kappa shape index (κ3) is 9.21. The second kappa shape index (κ2) is 10.8. The fraction of sp³-hybridized carbons (Fsp3) is 0.312. The Kier molecular flexibility index (Phi) is 9.50. The number of rotatable bonds is 6. The second-order valence-corrected chi connectivity index (χ2v) is 4.54. The number of carbonyl (C=O) groups excluding carboxylic acids is 1. The summed E-state index contributed by atoms with van der Waals surface area (Å²) in [6.45, 7) is 2.42. The zero-order valence-electron chi connectivity index (χ0n) is 13.5. The summed E-state index contributed by atoms with van der Waals surface area (Å²) >= 11 is 0. The van der Waals surface area contributed by atoms with Gasteiger partial charge in [-0.05, 0) is 37.6 Å². The molecule has 24 heavy (non-hydrogen) atoms. The van der Waals surface area contributed by atoms with Crippen LogP contribution in [0.4, 0.5) is 0 Å². The quantitative estimate of drug-likeness (QED) is 0.520. The van der Waals surface area contributed by atoms with E-state index in [0.29, 0.717) is 0 Å². The van der Waals surface area contributed by atoms with Gasteiger partial charge in [0.2, 0.25) is 0 Å². The molecule has 2 atom stereocenters. The van der Waals surface area contributed by atoms with Crippen molar-refractivity contribution >= 4 is 24.0 Å². The SMILES string of the molecule is CC(O)C(=O)OC(C)C(=O)O.COc1ccc(C=CC(=O)O)cc1. The molecule has 3 N–H and O–H groups in total. The minimum absolute atomic E-state index is 0.757. The first-order chi connectivity index (χ1) is 11.2. The molecule has 0 aliphatic rings. The number of aliphatic hydroxyl groups excluding tert-OH is 1. The molecule has 0 aliphatic carbocycles. The molecule has 0 saturated carbocycles. The van der Waals surface area contributed by atoms with Gasteiger partial charge in [0.05, 0.1) is 7.11 Å². The summed E-state index contributed by atoms with van der Waals surface area (Å²) < 4.78 is 9.24. The number of benzene rings is 1. The summed E-state index contributed by atoms with van der Waals surface area (Å²) in [5.74, 6) is -2.36. The van der Waals surface area contributed by atoms with Crippen molar-refractivity contribution in [2.75, 3.05) is 7.11 Å². The molecule has 0 saturated heterocycles. The van der Waals surface area contributed by atoms with Gasteiger partial charge in [-0.25, -0.2) is 14.4 Å². The Balaban J connectivity index is 0.000000449. The number of carboxylic acids is 2. The van der Waals surface area contributed by atoms with E-state index in [1.165, 1.54) is 19.9 Å². The number of carbonyl (C=O) groups is 3. The lowest BCUT2D eigenvalue weighted by molar-refractivity contribution is -0.168. The van der Waals surface area contributed by atoms with Crippen molar-refractivity contribution in [3.05, 3.63) is 35.9 Å². The van der Waals surface area contributed by atoms with Gasteiger partial charge in [0.25, 0.3) is 0 Å². The van der Waals surface area contributed by atoms with Gasteiger partial charge in [-0.2, -0.15) is 0 Å². The van der Waals surface area contributed by atoms with Crippen LogP contribution >= 0.6 is 0 Å². The first kappa shape index (κ1) is 21.1. The van der Waals surface area contributed by atoms with E-state index >= 15 is 0 Å². The zero-order valence-corrected chi connectivity index (χ0v) is 13.5. The van der Waals surface area contributed by atoms with Gasteiger partial charge in [-0.1, -0.05) is 12.1 Å². The summed E-state index contributed by atoms with van der Waals surface area (Å²) in [7, 11) is 1.59. The summed E-state index contributed by atoms with van der Waals surface area (Å²) in [6, 6.07) is 7.14. The van der Waals surface area contributed by atoms with Crippen molar-refractivity contribution in [2.45, 2.75) is 26.1 Å². The van der Waals surface area contributed by atoms with Gasteiger partial charge in [0.15, 0.2) is 6.10 Å². The molecule has 1 aromatic rings. The van der Waals surface area contributed by atoms with E-state index in [1.807, 2.05) is 0 Å². The van der Waals surface area contributed by atoms with Crippen LogP contribution in [0.15, 0.2) is 30.3 Å². The van der Waals surface area contributed by atoms with Gasteiger partial charge in [0.1, 0.15) is 11.9 Å². The summed E-state index contributed by atoms with van der Waals surface area (Å²) in [5.41, 5.74) is 0.836. The number of esters is 1. The predicted molar refractivity (Wildman–Crippen MR) is 84.5 cm³/mol. The van der Waals surface area contributed by atoms with Crippen LogP contribution in [0.2, 0.25) is 0 Å². The highest BCUT2D eigenvalue weighted by molar-refractivity contribution is 5.85. The van der Waals surface area contributed by atoms with E-state index in [1.54, 1.807) is 31.4 Å². The highest BCUT2D eigenvalue weighted by Crippen LogP contribution is 2.11. The highest BCUT2D eigenvalue weighted by atomic mass is 16.6. The molecule has 0 spiro atoms. The fourth-order valence-electron chi connectivity index (χ4n) is 1.21. The molecule has 0 heterocycles. The predicted octanol–water partition coefficient (Wildman–Crippen LogP) is 1.18. The van der Waals surface area contributed by atoms with Crippen LogP contribution in [0.5, 0.6) is 5.75 Å². The molecule has 0 amide bonds. The van der Waals surface area contributed by atoms with Crippen molar-refractivity contribution < 1.29 is 39.2 Å². The molecule has 1 aromatic carbocycles. The molecule has 0 bridgehead atoms.